The van der Waals surface area contributed by atoms with Crippen molar-refractivity contribution in [2.75, 3.05) is 0 Å². The molecule has 0 aliphatic rings. The summed E-state index contributed by atoms with van der Waals surface area (Å²) in [6.45, 7) is 1.74. The number of hydrogen-bond donors (Lipinski definition) is 1. The van der Waals surface area contributed by atoms with Crippen LogP contribution in [-0.4, -0.2) is 25.8 Å². The molecule has 7 heteroatoms. The average molecular weight is 247 g/mol. The number of nitro benzene ring substituents is 1. The zero-order chi connectivity index (χ0) is 13.3. The van der Waals surface area contributed by atoms with E-state index in [4.69, 9.17) is 5.11 Å². The molecule has 0 saturated carbocycles. The molecule has 92 valence electrons. The van der Waals surface area contributed by atoms with Crippen LogP contribution in [-0.2, 0) is 0 Å². The van der Waals surface area contributed by atoms with E-state index in [9.17, 15) is 14.9 Å². The minimum atomic E-state index is -1.16. The number of nitro groups is 1. The number of carboxylic acids is 1. The van der Waals surface area contributed by atoms with Crippen LogP contribution in [0.5, 0.6) is 0 Å². The van der Waals surface area contributed by atoms with Crippen molar-refractivity contribution in [1.29, 1.82) is 0 Å². The van der Waals surface area contributed by atoms with Gasteiger partial charge in [-0.1, -0.05) is 0 Å². The molecule has 0 unspecified atom stereocenters. The summed E-state index contributed by atoms with van der Waals surface area (Å²) in [7, 11) is 0. The Bertz CT molecular complexity index is 633. The summed E-state index contributed by atoms with van der Waals surface area (Å²) in [5.41, 5.74) is 0.648. The highest BCUT2D eigenvalue weighted by molar-refractivity contribution is 5.92. The lowest BCUT2D eigenvalue weighted by Gasteiger charge is -2.05. The van der Waals surface area contributed by atoms with Crippen molar-refractivity contribution in [2.45, 2.75) is 6.92 Å². The molecular formula is C11H9N3O4. The van der Waals surface area contributed by atoms with E-state index in [-0.39, 0.29) is 16.9 Å². The fourth-order valence-corrected chi connectivity index (χ4v) is 1.55. The topological polar surface area (TPSA) is 98.3 Å². The predicted octanol–water partition coefficient (Wildman–Crippen LogP) is 1.79. The standard InChI is InChI=1S/C11H9N3O4/c1-7-4-5-13(12-7)10-6-8(14(17)18)2-3-9(10)11(15)16/h2-6H,1H3,(H,15,16). The molecule has 18 heavy (non-hydrogen) atoms. The molecule has 2 aromatic rings. The van der Waals surface area contributed by atoms with Crippen molar-refractivity contribution >= 4 is 11.7 Å². The quantitative estimate of drug-likeness (QED) is 0.658. The molecule has 1 heterocycles. The number of carbonyl (C=O) groups is 1. The minimum Gasteiger partial charge on any atom is -0.478 e. The van der Waals surface area contributed by atoms with Crippen LogP contribution in [0.25, 0.3) is 5.69 Å². The molecule has 2 rings (SSSR count). The van der Waals surface area contributed by atoms with E-state index in [1.165, 1.54) is 16.8 Å². The summed E-state index contributed by atoms with van der Waals surface area (Å²) in [6.07, 6.45) is 1.56. The second-order valence-corrected chi connectivity index (χ2v) is 3.67. The van der Waals surface area contributed by atoms with Crippen molar-refractivity contribution in [3.05, 3.63) is 51.8 Å². The summed E-state index contributed by atoms with van der Waals surface area (Å²) < 4.78 is 1.31. The normalized spacial score (nSPS) is 10.3. The molecule has 0 atom stereocenters. The van der Waals surface area contributed by atoms with Gasteiger partial charge in [-0.05, 0) is 19.1 Å². The maximum absolute atomic E-state index is 11.1. The van der Waals surface area contributed by atoms with Crippen LogP contribution in [0, 0.1) is 17.0 Å². The van der Waals surface area contributed by atoms with Crippen LogP contribution in [0.4, 0.5) is 5.69 Å². The first kappa shape index (κ1) is 11.8. The van der Waals surface area contributed by atoms with Gasteiger partial charge < -0.3 is 5.11 Å². The van der Waals surface area contributed by atoms with Gasteiger partial charge in [-0.25, -0.2) is 9.48 Å². The second kappa shape index (κ2) is 4.28. The van der Waals surface area contributed by atoms with Gasteiger partial charge in [-0.2, -0.15) is 5.10 Å². The van der Waals surface area contributed by atoms with E-state index in [2.05, 4.69) is 5.10 Å². The van der Waals surface area contributed by atoms with E-state index < -0.39 is 10.9 Å². The molecule has 0 spiro atoms. The van der Waals surface area contributed by atoms with E-state index in [0.717, 1.165) is 6.07 Å². The highest BCUT2D eigenvalue weighted by atomic mass is 16.6. The first-order chi connectivity index (χ1) is 8.49. The molecular weight excluding hydrogens is 238 g/mol. The van der Waals surface area contributed by atoms with E-state index >= 15 is 0 Å². The Hall–Kier alpha value is -2.70. The summed E-state index contributed by atoms with van der Waals surface area (Å²) in [4.78, 5) is 21.2. The largest absolute Gasteiger partial charge is 0.478 e. The first-order valence-corrected chi connectivity index (χ1v) is 5.03. The molecule has 0 amide bonds. The third kappa shape index (κ3) is 2.05. The Morgan fingerprint density at radius 2 is 2.17 bits per heavy atom. The highest BCUT2D eigenvalue weighted by Crippen LogP contribution is 2.21. The smallest absolute Gasteiger partial charge is 0.337 e. The summed E-state index contributed by atoms with van der Waals surface area (Å²) in [5.74, 6) is -1.16. The lowest BCUT2D eigenvalue weighted by Crippen LogP contribution is -2.07. The molecule has 0 bridgehead atoms. The average Bonchev–Trinajstić information content (AvgIpc) is 2.74. The maximum atomic E-state index is 11.1. The number of non-ortho nitro benzene ring substituents is 1. The fraction of sp³-hybridized carbons (Fsp3) is 0.0909. The molecule has 0 radical (unpaired) electrons. The summed E-state index contributed by atoms with van der Waals surface area (Å²) in [6, 6.07) is 5.23. The number of aromatic nitrogens is 2. The van der Waals surface area contributed by atoms with Crippen LogP contribution < -0.4 is 0 Å². The van der Waals surface area contributed by atoms with Crippen LogP contribution in [0.1, 0.15) is 16.1 Å². The zero-order valence-corrected chi connectivity index (χ0v) is 9.40. The van der Waals surface area contributed by atoms with Gasteiger partial charge in [-0.15, -0.1) is 0 Å². The second-order valence-electron chi connectivity index (χ2n) is 3.67. The van der Waals surface area contributed by atoms with Gasteiger partial charge in [0.25, 0.3) is 5.69 Å². The zero-order valence-electron chi connectivity index (χ0n) is 9.40. The van der Waals surface area contributed by atoms with Gasteiger partial charge in [0.05, 0.1) is 21.9 Å². The Morgan fingerprint density at radius 3 is 2.67 bits per heavy atom. The van der Waals surface area contributed by atoms with Crippen LogP contribution in [0.2, 0.25) is 0 Å². The van der Waals surface area contributed by atoms with E-state index in [1.54, 1.807) is 19.2 Å². The summed E-state index contributed by atoms with van der Waals surface area (Å²) >= 11 is 0. The number of rotatable bonds is 3. The molecule has 0 aliphatic heterocycles. The Kier molecular flexibility index (Phi) is 2.80. The van der Waals surface area contributed by atoms with Crippen molar-refractivity contribution in [2.24, 2.45) is 0 Å². The van der Waals surface area contributed by atoms with Crippen molar-refractivity contribution < 1.29 is 14.8 Å². The minimum absolute atomic E-state index is 0.0382. The highest BCUT2D eigenvalue weighted by Gasteiger charge is 2.17. The predicted molar refractivity (Wildman–Crippen MR) is 61.9 cm³/mol. The van der Waals surface area contributed by atoms with Gasteiger partial charge >= 0.3 is 5.97 Å². The van der Waals surface area contributed by atoms with Gasteiger partial charge in [0.1, 0.15) is 0 Å². The third-order valence-electron chi connectivity index (χ3n) is 2.39. The van der Waals surface area contributed by atoms with Crippen molar-refractivity contribution in [1.82, 2.24) is 9.78 Å². The van der Waals surface area contributed by atoms with Crippen LogP contribution in [0.3, 0.4) is 0 Å². The van der Waals surface area contributed by atoms with Gasteiger partial charge in [0, 0.05) is 18.3 Å². The third-order valence-corrected chi connectivity index (χ3v) is 2.39. The monoisotopic (exact) mass is 247 g/mol. The van der Waals surface area contributed by atoms with Gasteiger partial charge in [0.2, 0.25) is 0 Å². The number of carboxylic acid groups (broad SMARTS) is 1. The maximum Gasteiger partial charge on any atom is 0.337 e. The summed E-state index contributed by atoms with van der Waals surface area (Å²) in [5, 5.41) is 23.8. The molecule has 1 aromatic carbocycles. The van der Waals surface area contributed by atoms with Crippen molar-refractivity contribution in [3.63, 3.8) is 0 Å². The number of aromatic carboxylic acids is 1. The molecule has 0 fully saturated rings. The van der Waals surface area contributed by atoms with Crippen molar-refractivity contribution in [3.8, 4) is 5.69 Å². The number of nitrogens with zero attached hydrogens (tertiary/aromatic N) is 3. The number of benzene rings is 1. The Morgan fingerprint density at radius 1 is 1.44 bits per heavy atom. The number of hydrogen-bond acceptors (Lipinski definition) is 4. The lowest BCUT2D eigenvalue weighted by molar-refractivity contribution is -0.384. The lowest BCUT2D eigenvalue weighted by atomic mass is 10.1. The van der Waals surface area contributed by atoms with Gasteiger partial charge in [-0.3, -0.25) is 10.1 Å². The first-order valence-electron chi connectivity index (χ1n) is 5.03. The number of aryl methyl sites for hydroxylation is 1. The molecule has 0 aliphatic carbocycles. The fourth-order valence-electron chi connectivity index (χ4n) is 1.55. The van der Waals surface area contributed by atoms with Crippen LogP contribution in [0.15, 0.2) is 30.5 Å². The SMILES string of the molecule is Cc1ccn(-c2cc([N+](=O)[O-])ccc2C(=O)O)n1. The van der Waals surface area contributed by atoms with E-state index in [0.29, 0.717) is 5.69 Å². The molecule has 0 saturated heterocycles. The van der Waals surface area contributed by atoms with Gasteiger partial charge in [0.15, 0.2) is 0 Å². The van der Waals surface area contributed by atoms with Crippen LogP contribution >= 0.6 is 0 Å². The molecule has 1 N–H and O–H groups in total. The Labute approximate surface area is 101 Å². The Balaban J connectivity index is 2.64. The molecule has 1 aromatic heterocycles. The van der Waals surface area contributed by atoms with E-state index in [1.807, 2.05) is 0 Å². The molecule has 7 nitrogen and oxygen atoms in total.